The van der Waals surface area contributed by atoms with Crippen LogP contribution in [0.5, 0.6) is 5.88 Å². The summed E-state index contributed by atoms with van der Waals surface area (Å²) in [4.78, 5) is 4.04. The zero-order valence-electron chi connectivity index (χ0n) is 7.40. The minimum absolute atomic E-state index is 0. The molecule has 0 saturated carbocycles. The van der Waals surface area contributed by atoms with Gasteiger partial charge in [0.05, 0.1) is 0 Å². The SMILES string of the molecule is Cc1ccc(OCCN)nc1.Cl.Cl. The summed E-state index contributed by atoms with van der Waals surface area (Å²) in [6.07, 6.45) is 1.77. The van der Waals surface area contributed by atoms with Crippen molar-refractivity contribution in [1.29, 1.82) is 0 Å². The predicted octanol–water partition coefficient (Wildman–Crippen LogP) is 1.57. The van der Waals surface area contributed by atoms with E-state index in [1.807, 2.05) is 19.1 Å². The van der Waals surface area contributed by atoms with Crippen LogP contribution in [0.3, 0.4) is 0 Å². The topological polar surface area (TPSA) is 48.1 Å². The van der Waals surface area contributed by atoms with Crippen molar-refractivity contribution in [2.45, 2.75) is 6.92 Å². The minimum atomic E-state index is 0. The molecular weight excluding hydrogens is 211 g/mol. The maximum atomic E-state index is 5.25. The minimum Gasteiger partial charge on any atom is -0.476 e. The van der Waals surface area contributed by atoms with Gasteiger partial charge in [-0.05, 0) is 12.5 Å². The fourth-order valence-electron chi connectivity index (χ4n) is 0.703. The molecule has 5 heteroatoms. The number of hydrogen-bond donors (Lipinski definition) is 1. The number of nitrogens with two attached hydrogens (primary N) is 1. The third kappa shape index (κ3) is 5.69. The van der Waals surface area contributed by atoms with Gasteiger partial charge in [-0.1, -0.05) is 6.07 Å². The molecule has 1 aromatic rings. The first-order valence-electron chi connectivity index (χ1n) is 3.58. The smallest absolute Gasteiger partial charge is 0.213 e. The van der Waals surface area contributed by atoms with Crippen LogP contribution in [-0.4, -0.2) is 18.1 Å². The summed E-state index contributed by atoms with van der Waals surface area (Å²) in [7, 11) is 0. The summed E-state index contributed by atoms with van der Waals surface area (Å²) in [5.74, 6) is 0.640. The molecule has 1 rings (SSSR count). The maximum Gasteiger partial charge on any atom is 0.213 e. The predicted molar refractivity (Wildman–Crippen MR) is 58.0 cm³/mol. The van der Waals surface area contributed by atoms with E-state index in [0.717, 1.165) is 5.56 Å². The summed E-state index contributed by atoms with van der Waals surface area (Å²) in [6, 6.07) is 3.80. The fraction of sp³-hybridized carbons (Fsp3) is 0.375. The van der Waals surface area contributed by atoms with E-state index in [9.17, 15) is 0 Å². The van der Waals surface area contributed by atoms with Crippen molar-refractivity contribution in [3.8, 4) is 5.88 Å². The van der Waals surface area contributed by atoms with E-state index in [1.54, 1.807) is 6.20 Å². The van der Waals surface area contributed by atoms with E-state index in [1.165, 1.54) is 0 Å². The number of aryl methyl sites for hydroxylation is 1. The van der Waals surface area contributed by atoms with E-state index in [0.29, 0.717) is 19.0 Å². The number of rotatable bonds is 3. The summed E-state index contributed by atoms with van der Waals surface area (Å²) >= 11 is 0. The highest BCUT2D eigenvalue weighted by molar-refractivity contribution is 5.85. The van der Waals surface area contributed by atoms with E-state index in [-0.39, 0.29) is 24.8 Å². The first-order valence-corrected chi connectivity index (χ1v) is 3.58. The molecule has 1 aromatic heterocycles. The van der Waals surface area contributed by atoms with Crippen molar-refractivity contribution in [3.05, 3.63) is 23.9 Å². The Morgan fingerprint density at radius 2 is 2.08 bits per heavy atom. The van der Waals surface area contributed by atoms with Crippen LogP contribution in [0.1, 0.15) is 5.56 Å². The van der Waals surface area contributed by atoms with Crippen molar-refractivity contribution in [2.75, 3.05) is 13.2 Å². The molecule has 13 heavy (non-hydrogen) atoms. The Kier molecular flexibility index (Phi) is 9.34. The number of halogens is 2. The highest BCUT2D eigenvalue weighted by atomic mass is 35.5. The van der Waals surface area contributed by atoms with Crippen LogP contribution in [0.4, 0.5) is 0 Å². The van der Waals surface area contributed by atoms with Crippen LogP contribution in [0.25, 0.3) is 0 Å². The van der Waals surface area contributed by atoms with Crippen LogP contribution >= 0.6 is 24.8 Å². The van der Waals surface area contributed by atoms with E-state index in [2.05, 4.69) is 4.98 Å². The molecule has 0 unspecified atom stereocenters. The number of hydrogen-bond acceptors (Lipinski definition) is 3. The van der Waals surface area contributed by atoms with Crippen LogP contribution in [0.15, 0.2) is 18.3 Å². The Labute approximate surface area is 90.5 Å². The lowest BCUT2D eigenvalue weighted by Crippen LogP contribution is -2.11. The van der Waals surface area contributed by atoms with Crippen LogP contribution in [0.2, 0.25) is 0 Å². The summed E-state index contributed by atoms with van der Waals surface area (Å²) in [5, 5.41) is 0. The highest BCUT2D eigenvalue weighted by Gasteiger charge is 1.91. The third-order valence-electron chi connectivity index (χ3n) is 1.25. The van der Waals surface area contributed by atoms with Crippen LogP contribution in [-0.2, 0) is 0 Å². The second-order valence-corrected chi connectivity index (χ2v) is 2.31. The molecular formula is C8H14Cl2N2O. The molecule has 0 amide bonds. The van der Waals surface area contributed by atoms with Crippen molar-refractivity contribution < 1.29 is 4.74 Å². The lowest BCUT2D eigenvalue weighted by Gasteiger charge is -2.01. The lowest BCUT2D eigenvalue weighted by molar-refractivity contribution is 0.315. The molecule has 0 aliphatic carbocycles. The molecule has 1 heterocycles. The molecule has 0 aliphatic heterocycles. The second kappa shape index (κ2) is 8.10. The average Bonchev–Trinajstić information content (AvgIpc) is 2.04. The van der Waals surface area contributed by atoms with E-state index >= 15 is 0 Å². The molecule has 0 saturated heterocycles. The van der Waals surface area contributed by atoms with Crippen molar-refractivity contribution in [3.63, 3.8) is 0 Å². The highest BCUT2D eigenvalue weighted by Crippen LogP contribution is 2.05. The molecule has 2 N–H and O–H groups in total. The lowest BCUT2D eigenvalue weighted by atomic mass is 10.3. The van der Waals surface area contributed by atoms with Crippen LogP contribution < -0.4 is 10.5 Å². The molecule has 0 spiro atoms. The van der Waals surface area contributed by atoms with E-state index < -0.39 is 0 Å². The Bertz CT molecular complexity index is 216. The zero-order valence-corrected chi connectivity index (χ0v) is 9.03. The van der Waals surface area contributed by atoms with Gasteiger partial charge in [0.25, 0.3) is 0 Å². The molecule has 76 valence electrons. The number of nitrogens with zero attached hydrogens (tertiary/aromatic N) is 1. The number of pyridine rings is 1. The largest absolute Gasteiger partial charge is 0.476 e. The zero-order chi connectivity index (χ0) is 8.10. The van der Waals surface area contributed by atoms with Gasteiger partial charge in [-0.3, -0.25) is 0 Å². The third-order valence-corrected chi connectivity index (χ3v) is 1.25. The van der Waals surface area contributed by atoms with Gasteiger partial charge in [0, 0.05) is 18.8 Å². The standard InChI is InChI=1S/C8H12N2O.2ClH/c1-7-2-3-8(10-6-7)11-5-4-9;;/h2-3,6H,4-5,9H2,1H3;2*1H. The Balaban J connectivity index is 0. The van der Waals surface area contributed by atoms with Crippen molar-refractivity contribution in [1.82, 2.24) is 4.98 Å². The van der Waals surface area contributed by atoms with Crippen molar-refractivity contribution in [2.24, 2.45) is 5.73 Å². The van der Waals surface area contributed by atoms with Gasteiger partial charge < -0.3 is 10.5 Å². The van der Waals surface area contributed by atoms with Crippen molar-refractivity contribution >= 4 is 24.8 Å². The quantitative estimate of drug-likeness (QED) is 0.849. The molecule has 0 bridgehead atoms. The fourth-order valence-corrected chi connectivity index (χ4v) is 0.703. The van der Waals surface area contributed by atoms with Gasteiger partial charge in [0.1, 0.15) is 6.61 Å². The monoisotopic (exact) mass is 224 g/mol. The van der Waals surface area contributed by atoms with Gasteiger partial charge >= 0.3 is 0 Å². The van der Waals surface area contributed by atoms with Gasteiger partial charge in [0.2, 0.25) is 5.88 Å². The summed E-state index contributed by atoms with van der Waals surface area (Å²) < 4.78 is 5.17. The molecule has 0 atom stereocenters. The molecule has 0 fully saturated rings. The molecule has 0 radical (unpaired) electrons. The van der Waals surface area contributed by atoms with Gasteiger partial charge in [0.15, 0.2) is 0 Å². The van der Waals surface area contributed by atoms with Gasteiger partial charge in [-0.25, -0.2) is 4.98 Å². The Morgan fingerprint density at radius 1 is 1.38 bits per heavy atom. The van der Waals surface area contributed by atoms with E-state index in [4.69, 9.17) is 10.5 Å². The molecule has 3 nitrogen and oxygen atoms in total. The summed E-state index contributed by atoms with van der Waals surface area (Å²) in [6.45, 7) is 3.03. The van der Waals surface area contributed by atoms with Crippen LogP contribution in [0, 0.1) is 6.92 Å². The normalized spacial score (nSPS) is 8.15. The molecule has 0 aromatic carbocycles. The number of ether oxygens (including phenoxy) is 1. The molecule has 0 aliphatic rings. The Hall–Kier alpha value is -0.510. The summed E-state index contributed by atoms with van der Waals surface area (Å²) in [5.41, 5.74) is 6.38. The number of aromatic nitrogens is 1. The maximum absolute atomic E-state index is 5.25. The Morgan fingerprint density at radius 3 is 2.54 bits per heavy atom. The second-order valence-electron chi connectivity index (χ2n) is 2.31. The van der Waals surface area contributed by atoms with Gasteiger partial charge in [-0.2, -0.15) is 0 Å². The van der Waals surface area contributed by atoms with Gasteiger partial charge in [-0.15, -0.1) is 24.8 Å². The first-order chi connectivity index (χ1) is 5.33. The first kappa shape index (κ1) is 15.0. The average molecular weight is 225 g/mol.